The van der Waals surface area contributed by atoms with E-state index in [9.17, 15) is 4.79 Å². The maximum Gasteiger partial charge on any atom is 0.226 e. The number of nitrogens with two attached hydrogens (primary N) is 1. The molecule has 2 fully saturated rings. The number of carbonyl (C=O) groups excluding carboxylic acids is 1. The number of rotatable bonds is 2. The van der Waals surface area contributed by atoms with E-state index < -0.39 is 0 Å². The predicted octanol–water partition coefficient (Wildman–Crippen LogP) is 3.44. The van der Waals surface area contributed by atoms with Gasteiger partial charge in [-0.15, -0.1) is 0 Å². The van der Waals surface area contributed by atoms with Gasteiger partial charge in [0.05, 0.1) is 0 Å². The molecule has 1 aromatic rings. The van der Waals surface area contributed by atoms with Gasteiger partial charge in [-0.3, -0.25) is 4.79 Å². The maximum atomic E-state index is 12.7. The van der Waals surface area contributed by atoms with E-state index in [2.05, 4.69) is 6.92 Å². The van der Waals surface area contributed by atoms with Crippen molar-refractivity contribution in [3.63, 3.8) is 0 Å². The Morgan fingerprint density at radius 3 is 2.52 bits per heavy atom. The summed E-state index contributed by atoms with van der Waals surface area (Å²) in [6.45, 7) is 2.87. The van der Waals surface area contributed by atoms with Gasteiger partial charge in [-0.2, -0.15) is 0 Å². The monoisotopic (exact) mass is 326 g/mol. The van der Waals surface area contributed by atoms with Gasteiger partial charge in [0.2, 0.25) is 5.91 Å². The van der Waals surface area contributed by atoms with Gasteiger partial charge in [-0.1, -0.05) is 23.2 Å². The minimum absolute atomic E-state index is 0.0799. The number of halogens is 2. The van der Waals surface area contributed by atoms with Gasteiger partial charge in [0.15, 0.2) is 0 Å². The lowest BCUT2D eigenvalue weighted by molar-refractivity contribution is -0.136. The second-order valence-electron chi connectivity index (χ2n) is 6.32. The van der Waals surface area contributed by atoms with E-state index in [0.29, 0.717) is 10.0 Å². The summed E-state index contributed by atoms with van der Waals surface area (Å²) in [6, 6.07) is 6.03. The third-order valence-corrected chi connectivity index (χ3v) is 5.06. The number of piperidine rings is 1. The Balaban J connectivity index is 1.68. The van der Waals surface area contributed by atoms with E-state index in [1.807, 2.05) is 17.0 Å². The molecule has 1 amide bonds. The molecular weight excluding hydrogens is 307 g/mol. The van der Waals surface area contributed by atoms with Crippen molar-refractivity contribution in [3.8, 4) is 0 Å². The minimum Gasteiger partial charge on any atom is -0.340 e. The van der Waals surface area contributed by atoms with E-state index in [-0.39, 0.29) is 29.8 Å². The van der Waals surface area contributed by atoms with Crippen LogP contribution in [-0.2, 0) is 4.79 Å². The van der Waals surface area contributed by atoms with Crippen LogP contribution in [0.3, 0.4) is 0 Å². The summed E-state index contributed by atoms with van der Waals surface area (Å²) in [7, 11) is 0. The Kier molecular flexibility index (Phi) is 4.17. The number of amides is 1. The van der Waals surface area contributed by atoms with Crippen LogP contribution >= 0.6 is 23.2 Å². The van der Waals surface area contributed by atoms with E-state index in [0.717, 1.165) is 31.4 Å². The van der Waals surface area contributed by atoms with Crippen LogP contribution in [0, 0.1) is 5.92 Å². The Bertz CT molecular complexity index is 543. The molecule has 1 aliphatic carbocycles. The van der Waals surface area contributed by atoms with Crippen molar-refractivity contribution in [2.75, 3.05) is 6.54 Å². The third-order valence-electron chi connectivity index (χ3n) is 4.62. The standard InChI is InChI=1S/C16H20Cl2N2O/c1-9-4-13(19)2-3-20(9)16(21)15-8-14(15)10-5-11(17)7-12(18)6-10/h5-7,9,13-15H,2-4,8,19H2,1H3/t9-,13-,14+,15+/m1/s1. The van der Waals surface area contributed by atoms with Crippen LogP contribution in [0.4, 0.5) is 0 Å². The highest BCUT2D eigenvalue weighted by molar-refractivity contribution is 6.34. The second-order valence-corrected chi connectivity index (χ2v) is 7.19. The molecule has 4 atom stereocenters. The van der Waals surface area contributed by atoms with Gasteiger partial charge in [-0.25, -0.2) is 0 Å². The second kappa shape index (κ2) is 5.79. The smallest absolute Gasteiger partial charge is 0.226 e. The zero-order valence-electron chi connectivity index (χ0n) is 12.1. The number of nitrogens with zero attached hydrogens (tertiary/aromatic N) is 1. The fourth-order valence-corrected chi connectivity index (χ4v) is 3.92. The van der Waals surface area contributed by atoms with Crippen molar-refractivity contribution in [2.45, 2.75) is 44.2 Å². The number of hydrogen-bond donors (Lipinski definition) is 1. The van der Waals surface area contributed by atoms with E-state index in [1.54, 1.807) is 6.07 Å². The normalized spacial score (nSPS) is 32.1. The van der Waals surface area contributed by atoms with Crippen LogP contribution in [0.2, 0.25) is 10.0 Å². The minimum atomic E-state index is 0.0799. The maximum absolute atomic E-state index is 12.7. The number of likely N-dealkylation sites (tertiary alicyclic amines) is 1. The first-order chi connectivity index (χ1) is 9.95. The fourth-order valence-electron chi connectivity index (χ4n) is 3.37. The van der Waals surface area contributed by atoms with E-state index >= 15 is 0 Å². The van der Waals surface area contributed by atoms with Gasteiger partial charge in [0, 0.05) is 34.6 Å². The molecule has 114 valence electrons. The summed E-state index contributed by atoms with van der Waals surface area (Å²) in [6.07, 6.45) is 2.69. The molecule has 1 aliphatic heterocycles. The molecule has 0 bridgehead atoms. The van der Waals surface area contributed by atoms with Gasteiger partial charge >= 0.3 is 0 Å². The number of benzene rings is 1. The highest BCUT2D eigenvalue weighted by Crippen LogP contribution is 2.49. The van der Waals surface area contributed by atoms with Crippen molar-refractivity contribution in [3.05, 3.63) is 33.8 Å². The average molecular weight is 327 g/mol. The molecule has 21 heavy (non-hydrogen) atoms. The lowest BCUT2D eigenvalue weighted by Crippen LogP contribution is -2.49. The summed E-state index contributed by atoms with van der Waals surface area (Å²) in [5.41, 5.74) is 7.04. The van der Waals surface area contributed by atoms with Crippen LogP contribution in [-0.4, -0.2) is 29.4 Å². The highest BCUT2D eigenvalue weighted by Gasteiger charge is 2.47. The largest absolute Gasteiger partial charge is 0.340 e. The van der Waals surface area contributed by atoms with Crippen LogP contribution in [0.15, 0.2) is 18.2 Å². The summed E-state index contributed by atoms with van der Waals surface area (Å²) in [4.78, 5) is 14.7. The molecule has 1 heterocycles. The molecule has 2 aliphatic rings. The Morgan fingerprint density at radius 2 is 1.90 bits per heavy atom. The molecule has 1 aromatic carbocycles. The van der Waals surface area contributed by atoms with Crippen LogP contribution in [0.25, 0.3) is 0 Å². The molecular formula is C16H20Cl2N2O. The molecule has 0 radical (unpaired) electrons. The third kappa shape index (κ3) is 3.20. The van der Waals surface area contributed by atoms with Crippen LogP contribution in [0.1, 0.15) is 37.7 Å². The molecule has 0 aromatic heterocycles. The number of carbonyl (C=O) groups is 1. The van der Waals surface area contributed by atoms with Crippen LogP contribution in [0.5, 0.6) is 0 Å². The molecule has 1 saturated heterocycles. The molecule has 3 nitrogen and oxygen atoms in total. The zero-order chi connectivity index (χ0) is 15.1. The molecule has 0 spiro atoms. The summed E-state index contributed by atoms with van der Waals surface area (Å²) >= 11 is 12.1. The zero-order valence-corrected chi connectivity index (χ0v) is 13.6. The molecule has 3 rings (SSSR count). The SMILES string of the molecule is C[C@@H]1C[C@H](N)CCN1C(=O)[C@H]1C[C@H]1c1cc(Cl)cc(Cl)c1. The highest BCUT2D eigenvalue weighted by atomic mass is 35.5. The first-order valence-corrected chi connectivity index (χ1v) is 8.23. The first kappa shape index (κ1) is 15.1. The van der Waals surface area contributed by atoms with Crippen molar-refractivity contribution >= 4 is 29.1 Å². The van der Waals surface area contributed by atoms with Gasteiger partial charge in [-0.05, 0) is 55.9 Å². The Morgan fingerprint density at radius 1 is 1.24 bits per heavy atom. The number of hydrogen-bond acceptors (Lipinski definition) is 2. The predicted molar refractivity (Wildman–Crippen MR) is 85.7 cm³/mol. The Hall–Kier alpha value is -0.770. The van der Waals surface area contributed by atoms with Gasteiger partial charge in [0.1, 0.15) is 0 Å². The summed E-state index contributed by atoms with van der Waals surface area (Å²) in [5, 5.41) is 1.26. The lowest BCUT2D eigenvalue weighted by atomic mass is 9.98. The first-order valence-electron chi connectivity index (χ1n) is 7.47. The van der Waals surface area contributed by atoms with Crippen molar-refractivity contribution in [2.24, 2.45) is 11.7 Å². The van der Waals surface area contributed by atoms with E-state index in [4.69, 9.17) is 28.9 Å². The molecule has 2 N–H and O–H groups in total. The van der Waals surface area contributed by atoms with Crippen molar-refractivity contribution in [1.82, 2.24) is 4.90 Å². The van der Waals surface area contributed by atoms with Crippen LogP contribution < -0.4 is 5.73 Å². The fraction of sp³-hybridized carbons (Fsp3) is 0.562. The van der Waals surface area contributed by atoms with Crippen molar-refractivity contribution in [1.29, 1.82) is 0 Å². The quantitative estimate of drug-likeness (QED) is 0.904. The average Bonchev–Trinajstić information content (AvgIpc) is 3.17. The van der Waals surface area contributed by atoms with Gasteiger partial charge < -0.3 is 10.6 Å². The lowest BCUT2D eigenvalue weighted by Gasteiger charge is -2.36. The Labute approximate surface area is 135 Å². The topological polar surface area (TPSA) is 46.3 Å². The molecule has 1 saturated carbocycles. The summed E-state index contributed by atoms with van der Waals surface area (Å²) in [5.74, 6) is 0.600. The van der Waals surface area contributed by atoms with E-state index in [1.165, 1.54) is 0 Å². The molecule has 0 unspecified atom stereocenters. The summed E-state index contributed by atoms with van der Waals surface area (Å²) < 4.78 is 0. The van der Waals surface area contributed by atoms with Crippen molar-refractivity contribution < 1.29 is 4.79 Å². The molecule has 5 heteroatoms. The van der Waals surface area contributed by atoms with Gasteiger partial charge in [0.25, 0.3) is 0 Å².